The second kappa shape index (κ2) is 9.25. The molecule has 0 heterocycles. The molecule has 0 aromatic heterocycles. The van der Waals surface area contributed by atoms with E-state index in [4.69, 9.17) is 14.0 Å². The van der Waals surface area contributed by atoms with Crippen LogP contribution in [-0.2, 0) is 24.4 Å². The van der Waals surface area contributed by atoms with Gasteiger partial charge in [-0.3, -0.25) is 14.1 Å². The number of carbonyl (C=O) groups excluding carboxylic acids is 2. The molecule has 1 N–H and O–H groups in total. The van der Waals surface area contributed by atoms with E-state index < -0.39 is 50.9 Å². The lowest BCUT2D eigenvalue weighted by molar-refractivity contribution is -0.230. The third-order valence-corrected chi connectivity index (χ3v) is 9.42. The number of hydrogen-bond acceptors (Lipinski definition) is 6. The van der Waals surface area contributed by atoms with Gasteiger partial charge in [-0.15, -0.1) is 0 Å². The molecular weight excluding hydrogens is 693 g/mol. The van der Waals surface area contributed by atoms with Gasteiger partial charge in [0, 0.05) is 4.47 Å². The first kappa shape index (κ1) is 27.3. The highest BCUT2D eigenvalue weighted by molar-refractivity contribution is 9.11. The summed E-state index contributed by atoms with van der Waals surface area (Å²) in [6, 6.07) is 3.39. The van der Waals surface area contributed by atoms with Gasteiger partial charge in [0.05, 0.1) is 19.8 Å². The molecule has 7 nitrogen and oxygen atoms in total. The van der Waals surface area contributed by atoms with Crippen molar-refractivity contribution < 1.29 is 45.2 Å². The third-order valence-electron chi connectivity index (χ3n) is 7.06. The first-order valence-electron chi connectivity index (χ1n) is 10.6. The number of alkyl halides is 3. The van der Waals surface area contributed by atoms with E-state index in [1.165, 1.54) is 0 Å². The van der Waals surface area contributed by atoms with Crippen molar-refractivity contribution in [1.29, 1.82) is 0 Å². The first-order chi connectivity index (χ1) is 16.0. The van der Waals surface area contributed by atoms with Crippen LogP contribution in [0.3, 0.4) is 0 Å². The van der Waals surface area contributed by atoms with Crippen LogP contribution in [0.15, 0.2) is 25.6 Å². The normalized spacial score (nSPS) is 30.7. The standard InChI is InChI=1S/C21H20Br3F3O7S/c22-12-2-13(23)16(14(24)3-12)34-18(29)20-6-10-1-11(7-20)5-19(4-10,9-20)17(28)33-15(21(25,26)27)8-35(30,31)32/h2-3,10-11,15H,1,4-9H2,(H,30,31,32). The summed E-state index contributed by atoms with van der Waals surface area (Å²) in [5.41, 5.74) is -2.44. The van der Waals surface area contributed by atoms with Gasteiger partial charge in [0.25, 0.3) is 10.1 Å². The number of carbonyl (C=O) groups is 2. The largest absolute Gasteiger partial charge is 0.451 e. The zero-order chi connectivity index (χ0) is 26.0. The Morgan fingerprint density at radius 3 is 1.97 bits per heavy atom. The van der Waals surface area contributed by atoms with E-state index in [-0.39, 0.29) is 36.8 Å². The van der Waals surface area contributed by atoms with Gasteiger partial charge in [-0.1, -0.05) is 15.9 Å². The molecule has 0 amide bonds. The monoisotopic (exact) mass is 710 g/mol. The summed E-state index contributed by atoms with van der Waals surface area (Å²) in [4.78, 5) is 26.6. The molecule has 35 heavy (non-hydrogen) atoms. The molecule has 5 rings (SSSR count). The van der Waals surface area contributed by atoms with E-state index in [0.717, 1.165) is 10.9 Å². The molecular formula is C21H20Br3F3O7S. The van der Waals surface area contributed by atoms with Crippen LogP contribution in [0.4, 0.5) is 13.2 Å². The molecule has 4 aliphatic rings. The molecule has 4 saturated carbocycles. The maximum Gasteiger partial charge on any atom is 0.426 e. The van der Waals surface area contributed by atoms with Gasteiger partial charge in [-0.2, -0.15) is 21.6 Å². The zero-order valence-corrected chi connectivity index (χ0v) is 23.5. The molecule has 1 aromatic carbocycles. The predicted molar refractivity (Wildman–Crippen MR) is 127 cm³/mol. The van der Waals surface area contributed by atoms with Crippen LogP contribution >= 0.6 is 47.8 Å². The lowest BCUT2D eigenvalue weighted by atomic mass is 9.44. The second-order valence-electron chi connectivity index (χ2n) is 9.79. The van der Waals surface area contributed by atoms with Crippen LogP contribution in [0.2, 0.25) is 0 Å². The Morgan fingerprint density at radius 2 is 1.51 bits per heavy atom. The molecule has 0 spiro atoms. The van der Waals surface area contributed by atoms with Crippen molar-refractivity contribution in [1.82, 2.24) is 0 Å². The minimum atomic E-state index is -5.19. The van der Waals surface area contributed by atoms with E-state index in [1.54, 1.807) is 12.1 Å². The summed E-state index contributed by atoms with van der Waals surface area (Å²) >= 11 is 10.0. The van der Waals surface area contributed by atoms with Gasteiger partial charge in [-0.05, 0) is 94.4 Å². The van der Waals surface area contributed by atoms with Gasteiger partial charge in [-0.25, -0.2) is 0 Å². The van der Waals surface area contributed by atoms with Crippen molar-refractivity contribution in [3.05, 3.63) is 25.6 Å². The van der Waals surface area contributed by atoms with Gasteiger partial charge in [0.15, 0.2) is 5.75 Å². The van der Waals surface area contributed by atoms with E-state index in [1.807, 2.05) is 0 Å². The van der Waals surface area contributed by atoms with E-state index >= 15 is 0 Å². The van der Waals surface area contributed by atoms with Crippen LogP contribution in [0.5, 0.6) is 5.75 Å². The van der Waals surface area contributed by atoms with Gasteiger partial charge >= 0.3 is 18.1 Å². The zero-order valence-electron chi connectivity index (χ0n) is 17.9. The number of ether oxygens (including phenoxy) is 2. The average Bonchev–Trinajstić information content (AvgIpc) is 2.67. The Labute approximate surface area is 224 Å². The molecule has 1 aromatic rings. The fourth-order valence-electron chi connectivity index (χ4n) is 6.21. The quantitative estimate of drug-likeness (QED) is 0.225. The van der Waals surface area contributed by atoms with Crippen LogP contribution in [0.25, 0.3) is 0 Å². The molecule has 3 unspecified atom stereocenters. The SMILES string of the molecule is O=C(Oc1c(Br)cc(Br)cc1Br)C12CC3CC(C1)CC(C(=O)OC(CS(=O)(=O)O)C(F)(F)F)(C3)C2. The van der Waals surface area contributed by atoms with Crippen molar-refractivity contribution in [2.24, 2.45) is 22.7 Å². The number of halogens is 6. The third kappa shape index (κ3) is 5.60. The van der Waals surface area contributed by atoms with Crippen molar-refractivity contribution in [2.45, 2.75) is 50.8 Å². The lowest BCUT2D eigenvalue weighted by Gasteiger charge is -2.59. The fraction of sp³-hybridized carbons (Fsp3) is 0.619. The minimum absolute atomic E-state index is 0.0487. The smallest absolute Gasteiger partial charge is 0.426 e. The van der Waals surface area contributed by atoms with E-state index in [9.17, 15) is 31.2 Å². The molecule has 0 aliphatic heterocycles. The summed E-state index contributed by atoms with van der Waals surface area (Å²) < 4.78 is 83.5. The summed E-state index contributed by atoms with van der Waals surface area (Å²) in [6.07, 6.45) is -6.12. The fourth-order valence-corrected chi connectivity index (χ4v) is 9.27. The maximum atomic E-state index is 13.5. The summed E-state index contributed by atoms with van der Waals surface area (Å²) in [6.45, 7) is 0. The van der Waals surface area contributed by atoms with E-state index in [0.29, 0.717) is 21.8 Å². The van der Waals surface area contributed by atoms with Crippen LogP contribution in [0.1, 0.15) is 38.5 Å². The topological polar surface area (TPSA) is 107 Å². The highest BCUT2D eigenvalue weighted by Gasteiger charge is 2.65. The van der Waals surface area contributed by atoms with Gasteiger partial charge < -0.3 is 9.47 Å². The van der Waals surface area contributed by atoms with Crippen LogP contribution in [0, 0.1) is 22.7 Å². The highest BCUT2D eigenvalue weighted by atomic mass is 79.9. The summed E-state index contributed by atoms with van der Waals surface area (Å²) in [5, 5.41) is 0. The van der Waals surface area contributed by atoms with Gasteiger partial charge in [0.2, 0.25) is 6.10 Å². The predicted octanol–water partition coefficient (Wildman–Crippen LogP) is 5.83. The molecule has 0 saturated heterocycles. The molecule has 0 radical (unpaired) electrons. The molecule has 3 atom stereocenters. The number of benzene rings is 1. The van der Waals surface area contributed by atoms with Crippen LogP contribution in [-0.4, -0.2) is 42.9 Å². The first-order valence-corrected chi connectivity index (χ1v) is 14.6. The number of esters is 2. The average molecular weight is 713 g/mol. The van der Waals surface area contributed by atoms with E-state index in [2.05, 4.69) is 47.8 Å². The van der Waals surface area contributed by atoms with Gasteiger partial charge in [0.1, 0.15) is 5.75 Å². The number of rotatable bonds is 6. The Balaban J connectivity index is 1.60. The summed E-state index contributed by atoms with van der Waals surface area (Å²) in [7, 11) is -5.06. The van der Waals surface area contributed by atoms with Crippen molar-refractivity contribution >= 4 is 69.8 Å². The van der Waals surface area contributed by atoms with Crippen molar-refractivity contribution in [3.63, 3.8) is 0 Å². The molecule has 194 valence electrons. The highest BCUT2D eigenvalue weighted by Crippen LogP contribution is 2.66. The molecule has 4 fully saturated rings. The molecule has 4 aliphatic carbocycles. The summed E-state index contributed by atoms with van der Waals surface area (Å²) in [5.74, 6) is -3.48. The Morgan fingerprint density at radius 1 is 1.03 bits per heavy atom. The maximum absolute atomic E-state index is 13.5. The lowest BCUT2D eigenvalue weighted by Crippen LogP contribution is -2.59. The van der Waals surface area contributed by atoms with Crippen molar-refractivity contribution in [3.8, 4) is 5.75 Å². The minimum Gasteiger partial charge on any atom is -0.451 e. The van der Waals surface area contributed by atoms with Crippen LogP contribution < -0.4 is 4.74 Å². The number of hydrogen-bond donors (Lipinski definition) is 1. The molecule has 14 heteroatoms. The molecule has 4 bridgehead atoms. The second-order valence-corrected chi connectivity index (χ2v) is 13.9. The Kier molecular flexibility index (Phi) is 7.22. The Hall–Kier alpha value is -0.700. The Bertz CT molecular complexity index is 1130. The van der Waals surface area contributed by atoms with Crippen molar-refractivity contribution in [2.75, 3.05) is 5.75 Å².